The van der Waals surface area contributed by atoms with Crippen molar-refractivity contribution in [2.45, 2.75) is 6.10 Å². The summed E-state index contributed by atoms with van der Waals surface area (Å²) in [5.41, 5.74) is 1.29. The van der Waals surface area contributed by atoms with Crippen molar-refractivity contribution >= 4 is 17.2 Å². The lowest BCUT2D eigenvalue weighted by atomic mass is 10.3. The Morgan fingerprint density at radius 2 is 2.43 bits per heavy atom. The van der Waals surface area contributed by atoms with Crippen molar-refractivity contribution in [1.29, 1.82) is 0 Å². The van der Waals surface area contributed by atoms with Crippen LogP contribution in [-0.2, 0) is 4.74 Å². The van der Waals surface area contributed by atoms with Gasteiger partial charge in [0.1, 0.15) is 10.7 Å². The molecule has 7 heteroatoms. The average Bonchev–Trinajstić information content (AvgIpc) is 2.90. The van der Waals surface area contributed by atoms with Gasteiger partial charge in [0.25, 0.3) is 5.91 Å². The number of β-amino-alcohol motifs (C(OH)–C–C–N with tert-alkyl or cyclic N) is 1. The second-order valence-electron chi connectivity index (χ2n) is 4.76. The van der Waals surface area contributed by atoms with Gasteiger partial charge in [-0.25, -0.2) is 4.98 Å². The molecule has 1 atom stereocenters. The molecule has 6 nitrogen and oxygen atoms in total. The molecule has 1 aliphatic heterocycles. The summed E-state index contributed by atoms with van der Waals surface area (Å²) < 4.78 is 5.23. The predicted molar refractivity (Wildman–Crippen MR) is 78.1 cm³/mol. The molecule has 3 rings (SSSR count). The largest absolute Gasteiger partial charge is 0.389 e. The molecule has 2 aromatic rings. The Bertz CT molecular complexity index is 617. The van der Waals surface area contributed by atoms with Gasteiger partial charge < -0.3 is 14.7 Å². The van der Waals surface area contributed by atoms with Crippen molar-refractivity contribution < 1.29 is 14.6 Å². The average molecular weight is 305 g/mol. The van der Waals surface area contributed by atoms with Crippen molar-refractivity contribution in [3.05, 3.63) is 35.6 Å². The van der Waals surface area contributed by atoms with E-state index >= 15 is 0 Å². The smallest absolute Gasteiger partial charge is 0.273 e. The zero-order valence-electron chi connectivity index (χ0n) is 11.3. The van der Waals surface area contributed by atoms with Crippen LogP contribution in [0.5, 0.6) is 0 Å². The van der Waals surface area contributed by atoms with E-state index in [1.54, 1.807) is 22.7 Å². The van der Waals surface area contributed by atoms with Crippen LogP contribution >= 0.6 is 11.3 Å². The van der Waals surface area contributed by atoms with Crippen LogP contribution in [0.1, 0.15) is 10.5 Å². The number of ether oxygens (including phenoxy) is 1. The lowest BCUT2D eigenvalue weighted by Gasteiger charge is -2.20. The van der Waals surface area contributed by atoms with E-state index in [1.165, 1.54) is 11.3 Å². The van der Waals surface area contributed by atoms with Crippen LogP contribution in [0.3, 0.4) is 0 Å². The number of carbonyl (C=O) groups excluding carboxylic acids is 1. The van der Waals surface area contributed by atoms with Crippen LogP contribution in [0, 0.1) is 0 Å². The second-order valence-corrected chi connectivity index (χ2v) is 5.62. The van der Waals surface area contributed by atoms with Crippen LogP contribution in [0.25, 0.3) is 10.6 Å². The number of hydrogen-bond acceptors (Lipinski definition) is 6. The third kappa shape index (κ3) is 3.26. The Kier molecular flexibility index (Phi) is 4.23. The monoisotopic (exact) mass is 305 g/mol. The molecule has 1 saturated heterocycles. The Morgan fingerprint density at radius 1 is 1.52 bits per heavy atom. The van der Waals surface area contributed by atoms with Gasteiger partial charge in [0.2, 0.25) is 0 Å². The fourth-order valence-electron chi connectivity index (χ4n) is 2.13. The third-order valence-electron chi connectivity index (χ3n) is 3.17. The van der Waals surface area contributed by atoms with E-state index in [1.807, 2.05) is 12.1 Å². The molecule has 0 spiro atoms. The summed E-state index contributed by atoms with van der Waals surface area (Å²) in [5.74, 6) is -0.175. The number of nitrogens with zero attached hydrogens (tertiary/aromatic N) is 3. The third-order valence-corrected chi connectivity index (χ3v) is 4.06. The zero-order valence-corrected chi connectivity index (χ0v) is 12.1. The number of aliphatic hydroxyl groups excluding tert-OH is 1. The van der Waals surface area contributed by atoms with Gasteiger partial charge in [-0.2, -0.15) is 0 Å². The standard InChI is InChI=1S/C14H15N3O3S/c18-11-7-17(4-5-20-8-11)14(19)12-9-21-13(16-12)10-2-1-3-15-6-10/h1-3,6,9,11,18H,4-5,7-8H2/t11-/m0/s1. The fraction of sp³-hybridized carbons (Fsp3) is 0.357. The van der Waals surface area contributed by atoms with Gasteiger partial charge in [-0.05, 0) is 12.1 Å². The number of hydrogen-bond donors (Lipinski definition) is 1. The Hall–Kier alpha value is -1.83. The number of rotatable bonds is 2. The first kappa shape index (κ1) is 14.1. The number of aliphatic hydroxyl groups is 1. The van der Waals surface area contributed by atoms with Crippen molar-refractivity contribution in [2.24, 2.45) is 0 Å². The van der Waals surface area contributed by atoms with E-state index in [0.717, 1.165) is 10.6 Å². The Balaban J connectivity index is 1.78. The van der Waals surface area contributed by atoms with Crippen molar-refractivity contribution in [2.75, 3.05) is 26.3 Å². The van der Waals surface area contributed by atoms with Crippen molar-refractivity contribution in [3.63, 3.8) is 0 Å². The molecule has 0 unspecified atom stereocenters. The minimum atomic E-state index is -0.645. The van der Waals surface area contributed by atoms with Crippen LogP contribution in [0.15, 0.2) is 29.9 Å². The number of pyridine rings is 1. The fourth-order valence-corrected chi connectivity index (χ4v) is 2.92. The summed E-state index contributed by atoms with van der Waals surface area (Å²) in [5, 5.41) is 12.2. The molecule has 1 amide bonds. The summed E-state index contributed by atoms with van der Waals surface area (Å²) >= 11 is 1.41. The van der Waals surface area contributed by atoms with E-state index in [-0.39, 0.29) is 19.1 Å². The van der Waals surface area contributed by atoms with E-state index < -0.39 is 6.10 Å². The maximum absolute atomic E-state index is 12.4. The summed E-state index contributed by atoms with van der Waals surface area (Å²) in [6.45, 7) is 1.44. The molecule has 0 aromatic carbocycles. The van der Waals surface area contributed by atoms with E-state index in [0.29, 0.717) is 18.8 Å². The van der Waals surface area contributed by atoms with Gasteiger partial charge in [-0.3, -0.25) is 9.78 Å². The molecule has 21 heavy (non-hydrogen) atoms. The molecule has 1 aliphatic rings. The molecule has 1 N–H and O–H groups in total. The molecule has 0 saturated carbocycles. The van der Waals surface area contributed by atoms with Crippen LogP contribution in [0.2, 0.25) is 0 Å². The van der Waals surface area contributed by atoms with E-state index in [4.69, 9.17) is 4.74 Å². The van der Waals surface area contributed by atoms with Gasteiger partial charge in [-0.15, -0.1) is 11.3 Å². The van der Waals surface area contributed by atoms with Gasteiger partial charge in [0.05, 0.1) is 19.3 Å². The molecule has 110 valence electrons. The number of thiazole rings is 1. The highest BCUT2D eigenvalue weighted by molar-refractivity contribution is 7.13. The van der Waals surface area contributed by atoms with Gasteiger partial charge in [0.15, 0.2) is 0 Å². The summed E-state index contributed by atoms with van der Waals surface area (Å²) in [7, 11) is 0. The first-order chi connectivity index (χ1) is 10.2. The highest BCUT2D eigenvalue weighted by Crippen LogP contribution is 2.23. The Morgan fingerprint density at radius 3 is 3.24 bits per heavy atom. The lowest BCUT2D eigenvalue weighted by molar-refractivity contribution is 0.0533. The SMILES string of the molecule is O=C(c1csc(-c2cccnc2)n1)N1CCOC[C@@H](O)C1. The number of carbonyl (C=O) groups is 1. The lowest BCUT2D eigenvalue weighted by Crippen LogP contribution is -2.37. The Labute approximate surface area is 126 Å². The number of amides is 1. The number of aromatic nitrogens is 2. The molecule has 2 aromatic heterocycles. The summed E-state index contributed by atoms with van der Waals surface area (Å²) in [4.78, 5) is 22.4. The molecular formula is C14H15N3O3S. The maximum atomic E-state index is 12.4. The molecule has 1 fully saturated rings. The quantitative estimate of drug-likeness (QED) is 0.897. The van der Waals surface area contributed by atoms with Crippen molar-refractivity contribution in [3.8, 4) is 10.6 Å². The molecule has 3 heterocycles. The molecule has 0 radical (unpaired) electrons. The van der Waals surface area contributed by atoms with Gasteiger partial charge in [0, 0.05) is 36.4 Å². The molecule has 0 bridgehead atoms. The maximum Gasteiger partial charge on any atom is 0.273 e. The van der Waals surface area contributed by atoms with Gasteiger partial charge >= 0.3 is 0 Å². The van der Waals surface area contributed by atoms with Gasteiger partial charge in [-0.1, -0.05) is 0 Å². The van der Waals surface area contributed by atoms with Crippen LogP contribution in [-0.4, -0.2) is 58.3 Å². The normalized spacial score (nSPS) is 19.3. The summed E-state index contributed by atoms with van der Waals surface area (Å²) in [6.07, 6.45) is 2.77. The first-order valence-electron chi connectivity index (χ1n) is 6.65. The second kappa shape index (κ2) is 6.30. The molecular weight excluding hydrogens is 290 g/mol. The minimum Gasteiger partial charge on any atom is -0.389 e. The molecule has 0 aliphatic carbocycles. The van der Waals surface area contributed by atoms with E-state index in [2.05, 4.69) is 9.97 Å². The first-order valence-corrected chi connectivity index (χ1v) is 7.53. The highest BCUT2D eigenvalue weighted by atomic mass is 32.1. The topological polar surface area (TPSA) is 75.6 Å². The predicted octanol–water partition coefficient (Wildman–Crippen LogP) is 1.04. The van der Waals surface area contributed by atoms with Crippen LogP contribution in [0.4, 0.5) is 0 Å². The van der Waals surface area contributed by atoms with Crippen LogP contribution < -0.4 is 0 Å². The van der Waals surface area contributed by atoms with Crippen molar-refractivity contribution in [1.82, 2.24) is 14.9 Å². The zero-order chi connectivity index (χ0) is 14.7. The minimum absolute atomic E-state index is 0.175. The summed E-state index contributed by atoms with van der Waals surface area (Å²) in [6, 6.07) is 3.74. The van der Waals surface area contributed by atoms with E-state index in [9.17, 15) is 9.90 Å². The highest BCUT2D eigenvalue weighted by Gasteiger charge is 2.23.